The van der Waals surface area contributed by atoms with Gasteiger partial charge in [-0.25, -0.2) is 0 Å². The number of halogens is 2. The zero-order valence-corrected chi connectivity index (χ0v) is 16.6. The van der Waals surface area contributed by atoms with Gasteiger partial charge >= 0.3 is 0 Å². The first-order chi connectivity index (χ1) is 13.7. The molecule has 0 atom stereocenters. The molecule has 0 N–H and O–H groups in total. The van der Waals surface area contributed by atoms with Crippen molar-refractivity contribution in [1.82, 2.24) is 19.5 Å². The average Bonchev–Trinajstić information content (AvgIpc) is 3.22. The maximum Gasteiger partial charge on any atom is 0.240 e. The van der Waals surface area contributed by atoms with Crippen LogP contribution >= 0.6 is 34.5 Å². The van der Waals surface area contributed by atoms with Crippen molar-refractivity contribution in [3.63, 3.8) is 0 Å². The van der Waals surface area contributed by atoms with Crippen LogP contribution in [0, 0.1) is 0 Å². The zero-order valence-electron chi connectivity index (χ0n) is 14.2. The minimum Gasteiger partial charge on any atom is -0.277 e. The van der Waals surface area contributed by atoms with Gasteiger partial charge in [-0.3, -0.25) is 4.57 Å². The normalized spacial score (nSPS) is 11.9. The maximum absolute atomic E-state index is 6.10. The van der Waals surface area contributed by atoms with Gasteiger partial charge in [0, 0.05) is 30.9 Å². The fraction of sp³-hybridized carbons (Fsp3) is 0. The summed E-state index contributed by atoms with van der Waals surface area (Å²) in [5.74, 6) is 0.416. The number of fused-ring (bicyclic) bond motifs is 7. The second-order valence-corrected chi connectivity index (χ2v) is 8.22. The minimum atomic E-state index is 0.0725. The predicted molar refractivity (Wildman–Crippen MR) is 117 cm³/mol. The summed E-state index contributed by atoms with van der Waals surface area (Å²) in [6.07, 6.45) is 0. The van der Waals surface area contributed by atoms with Gasteiger partial charge in [-0.15, -0.1) is 11.3 Å². The number of para-hydroxylation sites is 1. The monoisotopic (exact) mass is 420 g/mol. The number of nitrogens with zero attached hydrogens (tertiary/aromatic N) is 4. The highest BCUT2D eigenvalue weighted by Gasteiger charge is 2.19. The van der Waals surface area contributed by atoms with E-state index in [1.165, 1.54) is 20.2 Å². The van der Waals surface area contributed by atoms with Gasteiger partial charge in [-0.05, 0) is 41.4 Å². The van der Waals surface area contributed by atoms with Crippen molar-refractivity contribution in [3.05, 3.63) is 71.2 Å². The molecule has 0 unspecified atom stereocenters. The van der Waals surface area contributed by atoms with Crippen LogP contribution in [0.1, 0.15) is 0 Å². The summed E-state index contributed by atoms with van der Waals surface area (Å²) >= 11 is 14.0. The second kappa shape index (κ2) is 5.88. The largest absolute Gasteiger partial charge is 0.277 e. The Bertz CT molecular complexity index is 1530. The summed E-state index contributed by atoms with van der Waals surface area (Å²) in [6.45, 7) is 0. The van der Waals surface area contributed by atoms with Gasteiger partial charge < -0.3 is 0 Å². The van der Waals surface area contributed by atoms with Crippen molar-refractivity contribution < 1.29 is 0 Å². The van der Waals surface area contributed by atoms with Crippen molar-refractivity contribution in [2.75, 3.05) is 0 Å². The molecular formula is C21H10Cl2N4S. The molecule has 0 fully saturated rings. The molecule has 6 rings (SSSR count). The number of aromatic nitrogens is 4. The molecule has 3 aromatic carbocycles. The van der Waals surface area contributed by atoms with Gasteiger partial charge in [0.25, 0.3) is 0 Å². The molecule has 28 heavy (non-hydrogen) atoms. The van der Waals surface area contributed by atoms with E-state index in [4.69, 9.17) is 23.2 Å². The molecule has 0 aliphatic carbocycles. The summed E-state index contributed by atoms with van der Waals surface area (Å²) < 4.78 is 4.49. The Morgan fingerprint density at radius 1 is 0.679 bits per heavy atom. The number of hydrogen-bond donors (Lipinski definition) is 0. The van der Waals surface area contributed by atoms with Gasteiger partial charge in [0.1, 0.15) is 0 Å². The smallest absolute Gasteiger partial charge is 0.240 e. The molecule has 7 heteroatoms. The molecule has 0 spiro atoms. The predicted octanol–water partition coefficient (Wildman–Crippen LogP) is 6.64. The Kier molecular flexibility index (Phi) is 3.41. The van der Waals surface area contributed by atoms with E-state index in [9.17, 15) is 0 Å². The first-order valence-corrected chi connectivity index (χ1v) is 10.2. The van der Waals surface area contributed by atoms with Crippen molar-refractivity contribution in [2.24, 2.45) is 0 Å². The van der Waals surface area contributed by atoms with Gasteiger partial charge in [-0.2, -0.15) is 15.0 Å². The highest BCUT2D eigenvalue weighted by molar-refractivity contribution is 7.26. The fourth-order valence-electron chi connectivity index (χ4n) is 3.89. The van der Waals surface area contributed by atoms with E-state index in [0.717, 1.165) is 21.8 Å². The van der Waals surface area contributed by atoms with Crippen molar-refractivity contribution in [2.45, 2.75) is 0 Å². The van der Waals surface area contributed by atoms with Crippen LogP contribution in [0.5, 0.6) is 0 Å². The van der Waals surface area contributed by atoms with Gasteiger partial charge in [0.05, 0.1) is 11.0 Å². The molecule has 0 saturated heterocycles. The van der Waals surface area contributed by atoms with Crippen LogP contribution in [-0.2, 0) is 0 Å². The molecule has 3 heterocycles. The van der Waals surface area contributed by atoms with Crippen LogP contribution in [0.2, 0.25) is 10.6 Å². The molecule has 0 bridgehead atoms. The van der Waals surface area contributed by atoms with Crippen LogP contribution in [-0.4, -0.2) is 19.5 Å². The van der Waals surface area contributed by atoms with E-state index in [1.54, 1.807) is 11.3 Å². The number of benzene rings is 3. The first-order valence-electron chi connectivity index (χ1n) is 8.61. The van der Waals surface area contributed by atoms with Gasteiger partial charge in [0.15, 0.2) is 0 Å². The number of thiophene rings is 1. The van der Waals surface area contributed by atoms with Crippen LogP contribution in [0.25, 0.3) is 47.9 Å². The topological polar surface area (TPSA) is 43.6 Å². The molecule has 6 aromatic rings. The lowest BCUT2D eigenvalue weighted by atomic mass is 10.1. The van der Waals surface area contributed by atoms with Crippen molar-refractivity contribution in [1.29, 1.82) is 0 Å². The molecule has 0 saturated carbocycles. The van der Waals surface area contributed by atoms with E-state index in [2.05, 4.69) is 63.5 Å². The molecule has 0 aliphatic heterocycles. The summed E-state index contributed by atoms with van der Waals surface area (Å²) in [4.78, 5) is 12.7. The maximum atomic E-state index is 6.10. The van der Waals surface area contributed by atoms with E-state index in [-0.39, 0.29) is 10.6 Å². The Labute approximate surface area is 173 Å². The Balaban J connectivity index is 1.93. The lowest BCUT2D eigenvalue weighted by Crippen LogP contribution is -2.03. The molecule has 0 radical (unpaired) electrons. The van der Waals surface area contributed by atoms with E-state index in [1.807, 2.05) is 16.7 Å². The molecular weight excluding hydrogens is 411 g/mol. The van der Waals surface area contributed by atoms with Crippen LogP contribution < -0.4 is 0 Å². The van der Waals surface area contributed by atoms with E-state index >= 15 is 0 Å². The average molecular weight is 421 g/mol. The Morgan fingerprint density at radius 2 is 1.39 bits per heavy atom. The molecule has 0 amide bonds. The number of rotatable bonds is 1. The summed E-state index contributed by atoms with van der Waals surface area (Å²) in [5, 5.41) is 4.80. The third-order valence-electron chi connectivity index (χ3n) is 4.94. The van der Waals surface area contributed by atoms with Crippen molar-refractivity contribution >= 4 is 76.5 Å². The molecule has 4 nitrogen and oxygen atoms in total. The summed E-state index contributed by atoms with van der Waals surface area (Å²) in [6, 6.07) is 21.0. The zero-order chi connectivity index (χ0) is 18.8. The molecule has 134 valence electrons. The van der Waals surface area contributed by atoms with E-state index in [0.29, 0.717) is 5.95 Å². The highest BCUT2D eigenvalue weighted by atomic mass is 35.5. The first kappa shape index (κ1) is 16.2. The lowest BCUT2D eigenvalue weighted by molar-refractivity contribution is 0.943. The van der Waals surface area contributed by atoms with Gasteiger partial charge in [-0.1, -0.05) is 42.5 Å². The van der Waals surface area contributed by atoms with E-state index < -0.39 is 0 Å². The van der Waals surface area contributed by atoms with Gasteiger partial charge in [0.2, 0.25) is 16.5 Å². The Hall–Kier alpha value is -2.73. The van der Waals surface area contributed by atoms with Crippen molar-refractivity contribution in [3.8, 4) is 5.95 Å². The molecule has 3 aromatic heterocycles. The summed E-state index contributed by atoms with van der Waals surface area (Å²) in [7, 11) is 0. The third-order valence-corrected chi connectivity index (χ3v) is 6.42. The minimum absolute atomic E-state index is 0.0725. The van der Waals surface area contributed by atoms with Crippen LogP contribution in [0.4, 0.5) is 0 Å². The SMILES string of the molecule is Clc1nc(Cl)nc(-n2c3ccccc3c3ccc4sc5ccccc5c4c32)n1. The van der Waals surface area contributed by atoms with Crippen LogP contribution in [0.3, 0.4) is 0 Å². The quantitative estimate of drug-likeness (QED) is 0.299. The molecule has 0 aliphatic rings. The lowest BCUT2D eigenvalue weighted by Gasteiger charge is -2.07. The number of hydrogen-bond acceptors (Lipinski definition) is 4. The highest BCUT2D eigenvalue weighted by Crippen LogP contribution is 2.42. The third kappa shape index (κ3) is 2.21. The summed E-state index contributed by atoms with van der Waals surface area (Å²) in [5.41, 5.74) is 2.05. The van der Waals surface area contributed by atoms with Crippen LogP contribution in [0.15, 0.2) is 60.7 Å². The fourth-order valence-corrected chi connectivity index (χ4v) is 5.35. The second-order valence-electron chi connectivity index (χ2n) is 6.46. The Morgan fingerprint density at radius 3 is 2.21 bits per heavy atom. The standard InChI is InChI=1S/C21H10Cl2N4S/c22-19-24-20(23)26-21(25-19)27-14-7-3-1-5-11(14)12-9-10-16-17(18(12)27)13-6-2-4-8-15(13)28-16/h1-10H.